The van der Waals surface area contributed by atoms with Gasteiger partial charge in [0.15, 0.2) is 5.11 Å². The van der Waals surface area contributed by atoms with Crippen LogP contribution in [-0.2, 0) is 4.74 Å². The van der Waals surface area contributed by atoms with Gasteiger partial charge in [0.05, 0.1) is 13.2 Å². The van der Waals surface area contributed by atoms with Crippen molar-refractivity contribution in [1.82, 2.24) is 15.3 Å². The maximum absolute atomic E-state index is 5.59. The third kappa shape index (κ3) is 5.69. The molecule has 4 rings (SSSR count). The molecule has 1 aliphatic carbocycles. The van der Waals surface area contributed by atoms with Gasteiger partial charge in [-0.25, -0.2) is 0 Å². The van der Waals surface area contributed by atoms with Crippen molar-refractivity contribution in [3.63, 3.8) is 0 Å². The molecule has 1 aromatic rings. The molecule has 2 saturated heterocycles. The van der Waals surface area contributed by atoms with Gasteiger partial charge in [0, 0.05) is 38.3 Å². The van der Waals surface area contributed by atoms with Crippen LogP contribution in [0.3, 0.4) is 0 Å². The Bertz CT molecular complexity index is 690. The van der Waals surface area contributed by atoms with Gasteiger partial charge in [-0.3, -0.25) is 0 Å². The molecule has 3 fully saturated rings. The lowest BCUT2D eigenvalue weighted by molar-refractivity contribution is 0.122. The summed E-state index contributed by atoms with van der Waals surface area (Å²) in [7, 11) is 0. The maximum Gasteiger partial charge on any atom is 0.232 e. The van der Waals surface area contributed by atoms with Crippen LogP contribution in [0, 0.1) is 5.92 Å². The van der Waals surface area contributed by atoms with Gasteiger partial charge in [0.2, 0.25) is 5.95 Å². The average Bonchev–Trinajstić information content (AvgIpc) is 2.75. The van der Waals surface area contributed by atoms with E-state index in [0.29, 0.717) is 23.0 Å². The first-order valence-corrected chi connectivity index (χ1v) is 11.6. The van der Waals surface area contributed by atoms with E-state index in [1.165, 1.54) is 44.9 Å². The van der Waals surface area contributed by atoms with E-state index in [9.17, 15) is 0 Å². The van der Waals surface area contributed by atoms with E-state index in [4.69, 9.17) is 26.9 Å². The number of thiocarbonyl (C=S) groups is 1. The standard InChI is InChI=1S/C21H34N6OS/c1-16-6-5-9-27(15-16)19-14-18(26-10-12-28-13-11-26)23-20(24-19)25-21(29)22-17-7-3-2-4-8-17/h14,16-17H,2-13,15H2,1H3,(H2,22,23,24,25,29). The van der Waals surface area contributed by atoms with Crippen LogP contribution in [0.5, 0.6) is 0 Å². The third-order valence-electron chi connectivity index (χ3n) is 6.18. The molecule has 160 valence electrons. The highest BCUT2D eigenvalue weighted by Crippen LogP contribution is 2.26. The van der Waals surface area contributed by atoms with Gasteiger partial charge >= 0.3 is 0 Å². The second kappa shape index (κ2) is 9.89. The summed E-state index contributed by atoms with van der Waals surface area (Å²) in [5.74, 6) is 3.24. The van der Waals surface area contributed by atoms with Crippen molar-refractivity contribution in [2.75, 3.05) is 54.5 Å². The zero-order valence-corrected chi connectivity index (χ0v) is 18.3. The summed E-state index contributed by atoms with van der Waals surface area (Å²) in [4.78, 5) is 14.3. The number of nitrogens with one attached hydrogen (secondary N) is 2. The molecule has 2 aliphatic heterocycles. The van der Waals surface area contributed by atoms with Gasteiger partial charge in [-0.15, -0.1) is 0 Å². The minimum absolute atomic E-state index is 0.466. The first-order chi connectivity index (χ1) is 14.2. The number of anilines is 3. The van der Waals surface area contributed by atoms with E-state index in [1.807, 2.05) is 0 Å². The number of aromatic nitrogens is 2. The summed E-state index contributed by atoms with van der Waals surface area (Å²) in [5.41, 5.74) is 0. The van der Waals surface area contributed by atoms with Gasteiger partial charge in [-0.05, 0) is 43.8 Å². The number of ether oxygens (including phenoxy) is 1. The molecule has 7 nitrogen and oxygen atoms in total. The molecule has 0 spiro atoms. The Hall–Kier alpha value is -1.67. The molecule has 0 aromatic carbocycles. The Labute approximate surface area is 179 Å². The topological polar surface area (TPSA) is 65.6 Å². The van der Waals surface area contributed by atoms with Crippen molar-refractivity contribution >= 4 is 34.9 Å². The molecule has 29 heavy (non-hydrogen) atoms. The van der Waals surface area contributed by atoms with Crippen LogP contribution >= 0.6 is 12.2 Å². The monoisotopic (exact) mass is 418 g/mol. The van der Waals surface area contributed by atoms with Crippen LogP contribution in [0.15, 0.2) is 6.07 Å². The smallest absolute Gasteiger partial charge is 0.232 e. The van der Waals surface area contributed by atoms with Crippen LogP contribution in [0.4, 0.5) is 17.6 Å². The van der Waals surface area contributed by atoms with Crippen molar-refractivity contribution < 1.29 is 4.74 Å². The average molecular weight is 419 g/mol. The van der Waals surface area contributed by atoms with Crippen LogP contribution < -0.4 is 20.4 Å². The fourth-order valence-electron chi connectivity index (χ4n) is 4.56. The Morgan fingerprint density at radius 1 is 1.00 bits per heavy atom. The minimum atomic E-state index is 0.466. The van der Waals surface area contributed by atoms with Crippen molar-refractivity contribution in [2.45, 2.75) is 57.9 Å². The molecule has 8 heteroatoms. The summed E-state index contributed by atoms with van der Waals surface area (Å²) >= 11 is 5.59. The molecule has 1 unspecified atom stereocenters. The lowest BCUT2D eigenvalue weighted by Crippen LogP contribution is -2.40. The highest BCUT2D eigenvalue weighted by molar-refractivity contribution is 7.80. The molecule has 0 bridgehead atoms. The minimum Gasteiger partial charge on any atom is -0.378 e. The molecule has 1 aromatic heterocycles. The number of nitrogens with zero attached hydrogens (tertiary/aromatic N) is 4. The van der Waals surface area contributed by atoms with E-state index in [2.05, 4.69) is 33.4 Å². The van der Waals surface area contributed by atoms with Crippen LogP contribution in [0.2, 0.25) is 0 Å². The van der Waals surface area contributed by atoms with Gasteiger partial charge in [0.1, 0.15) is 11.6 Å². The highest BCUT2D eigenvalue weighted by atomic mass is 32.1. The molecule has 2 N–H and O–H groups in total. The first-order valence-electron chi connectivity index (χ1n) is 11.2. The second-order valence-electron chi connectivity index (χ2n) is 8.63. The third-order valence-corrected chi connectivity index (χ3v) is 6.40. The molecule has 3 heterocycles. The quantitative estimate of drug-likeness (QED) is 0.723. The lowest BCUT2D eigenvalue weighted by atomic mass is 9.96. The van der Waals surface area contributed by atoms with Crippen molar-refractivity contribution in [2.24, 2.45) is 5.92 Å². The Morgan fingerprint density at radius 3 is 2.45 bits per heavy atom. The number of hydrogen-bond acceptors (Lipinski definition) is 6. The molecule has 1 atom stereocenters. The predicted molar refractivity (Wildman–Crippen MR) is 122 cm³/mol. The zero-order valence-electron chi connectivity index (χ0n) is 17.5. The van der Waals surface area contributed by atoms with E-state index >= 15 is 0 Å². The van der Waals surface area contributed by atoms with Gasteiger partial charge in [-0.2, -0.15) is 9.97 Å². The fraction of sp³-hybridized carbons (Fsp3) is 0.762. The summed E-state index contributed by atoms with van der Waals surface area (Å²) in [5, 5.41) is 7.37. The highest BCUT2D eigenvalue weighted by Gasteiger charge is 2.22. The number of piperidine rings is 1. The fourth-order valence-corrected chi connectivity index (χ4v) is 4.82. The second-order valence-corrected chi connectivity index (χ2v) is 9.04. The number of rotatable bonds is 4. The predicted octanol–water partition coefficient (Wildman–Crippen LogP) is 3.17. The Morgan fingerprint density at radius 2 is 1.72 bits per heavy atom. The number of morpholine rings is 1. The van der Waals surface area contributed by atoms with Crippen LogP contribution in [0.1, 0.15) is 51.9 Å². The van der Waals surface area contributed by atoms with Gasteiger partial charge < -0.3 is 25.2 Å². The van der Waals surface area contributed by atoms with E-state index in [1.54, 1.807) is 0 Å². The van der Waals surface area contributed by atoms with Crippen molar-refractivity contribution in [3.05, 3.63) is 6.07 Å². The first kappa shape index (κ1) is 20.6. The molecule has 0 radical (unpaired) electrons. The van der Waals surface area contributed by atoms with Crippen molar-refractivity contribution in [1.29, 1.82) is 0 Å². The molecule has 1 saturated carbocycles. The van der Waals surface area contributed by atoms with Gasteiger partial charge in [-0.1, -0.05) is 26.2 Å². The summed E-state index contributed by atoms with van der Waals surface area (Å²) < 4.78 is 5.52. The van der Waals surface area contributed by atoms with E-state index in [-0.39, 0.29) is 0 Å². The van der Waals surface area contributed by atoms with E-state index < -0.39 is 0 Å². The maximum atomic E-state index is 5.59. The largest absolute Gasteiger partial charge is 0.378 e. The molecular formula is C21H34N6OS. The molecular weight excluding hydrogens is 384 g/mol. The summed E-state index contributed by atoms with van der Waals surface area (Å²) in [6.07, 6.45) is 8.77. The summed E-state index contributed by atoms with van der Waals surface area (Å²) in [6, 6.07) is 2.60. The lowest BCUT2D eigenvalue weighted by Gasteiger charge is -2.33. The van der Waals surface area contributed by atoms with Crippen LogP contribution in [0.25, 0.3) is 0 Å². The summed E-state index contributed by atoms with van der Waals surface area (Å²) in [6.45, 7) is 7.61. The van der Waals surface area contributed by atoms with E-state index in [0.717, 1.165) is 51.0 Å². The van der Waals surface area contributed by atoms with Crippen LogP contribution in [-0.4, -0.2) is 60.5 Å². The Kier molecular flexibility index (Phi) is 7.02. The zero-order chi connectivity index (χ0) is 20.1. The Balaban J connectivity index is 1.51. The van der Waals surface area contributed by atoms with Crippen molar-refractivity contribution in [3.8, 4) is 0 Å². The molecule has 3 aliphatic rings. The SMILES string of the molecule is CC1CCCN(c2cc(N3CCOCC3)nc(NC(=S)NC3CCCCC3)n2)C1. The normalized spacial score (nSPS) is 23.7. The molecule has 0 amide bonds. The van der Waals surface area contributed by atoms with Gasteiger partial charge in [0.25, 0.3) is 0 Å². The number of hydrogen-bond donors (Lipinski definition) is 2.